The van der Waals surface area contributed by atoms with Crippen LogP contribution in [0.5, 0.6) is 23.0 Å². The summed E-state index contributed by atoms with van der Waals surface area (Å²) in [7, 11) is 0. The van der Waals surface area contributed by atoms with Crippen LogP contribution in [-0.2, 0) is 0 Å². The molecule has 0 bridgehead atoms. The van der Waals surface area contributed by atoms with E-state index in [2.05, 4.69) is 20.5 Å². The van der Waals surface area contributed by atoms with Gasteiger partial charge in [0.05, 0.1) is 5.69 Å². The largest absolute Gasteiger partial charge is 0.505 e. The fourth-order valence-electron chi connectivity index (χ4n) is 2.17. The molecule has 3 rings (SSSR count). The van der Waals surface area contributed by atoms with E-state index in [1.54, 1.807) is 18.2 Å². The van der Waals surface area contributed by atoms with E-state index in [0.29, 0.717) is 0 Å². The number of anilines is 1. The molecule has 9 nitrogen and oxygen atoms in total. The van der Waals surface area contributed by atoms with Crippen LogP contribution in [0.1, 0.15) is 0 Å². The standard InChI is InChI=1S/C18H15N5O4/c19-16-10(20-22-17-12(24)6-2-7-13(17)25)4-1-5-11(16)21-23-18-14(26)8-3-9-15(18)27/h1-9,24-27H,19H2. The number of para-hydroxylation sites is 1. The maximum atomic E-state index is 9.73. The van der Waals surface area contributed by atoms with Crippen LogP contribution >= 0.6 is 0 Å². The molecule has 0 aliphatic carbocycles. The van der Waals surface area contributed by atoms with Crippen LogP contribution in [0, 0.1) is 0 Å². The first-order valence-electron chi connectivity index (χ1n) is 7.71. The molecule has 0 radical (unpaired) electrons. The Morgan fingerprint density at radius 2 is 0.852 bits per heavy atom. The zero-order valence-electron chi connectivity index (χ0n) is 13.9. The van der Waals surface area contributed by atoms with Gasteiger partial charge in [-0.05, 0) is 36.4 Å². The Morgan fingerprint density at radius 1 is 0.519 bits per heavy atom. The van der Waals surface area contributed by atoms with Gasteiger partial charge in [0.2, 0.25) is 0 Å². The molecule has 0 aromatic heterocycles. The number of hydrogen-bond donors (Lipinski definition) is 5. The minimum atomic E-state index is -0.233. The summed E-state index contributed by atoms with van der Waals surface area (Å²) in [5.41, 5.74) is 6.42. The molecule has 6 N–H and O–H groups in total. The Labute approximate surface area is 153 Å². The van der Waals surface area contributed by atoms with Crippen LogP contribution in [0.4, 0.5) is 28.4 Å². The third-order valence-corrected chi connectivity index (χ3v) is 3.56. The van der Waals surface area contributed by atoms with Crippen LogP contribution in [0.2, 0.25) is 0 Å². The van der Waals surface area contributed by atoms with Gasteiger partial charge in [-0.2, -0.15) is 0 Å². The SMILES string of the molecule is Nc1c(N=Nc2c(O)cccc2O)cccc1N=Nc1c(O)cccc1O. The predicted molar refractivity (Wildman–Crippen MR) is 98.7 cm³/mol. The Kier molecular flexibility index (Phi) is 4.84. The maximum absolute atomic E-state index is 9.73. The zero-order valence-corrected chi connectivity index (χ0v) is 13.9. The highest BCUT2D eigenvalue weighted by Gasteiger charge is 2.09. The number of nitrogens with two attached hydrogens (primary N) is 1. The number of phenols is 4. The minimum absolute atomic E-state index is 0.0944. The number of aromatic hydroxyl groups is 4. The average molecular weight is 365 g/mol. The van der Waals surface area contributed by atoms with E-state index in [1.807, 2.05) is 0 Å². The highest BCUT2D eigenvalue weighted by Crippen LogP contribution is 2.40. The molecule has 0 aliphatic rings. The Balaban J connectivity index is 1.93. The van der Waals surface area contributed by atoms with Crippen LogP contribution in [0.15, 0.2) is 75.1 Å². The monoisotopic (exact) mass is 365 g/mol. The van der Waals surface area contributed by atoms with Crippen molar-refractivity contribution < 1.29 is 20.4 Å². The van der Waals surface area contributed by atoms with Gasteiger partial charge < -0.3 is 26.2 Å². The molecule has 3 aromatic carbocycles. The molecule has 0 atom stereocenters. The summed E-state index contributed by atoms with van der Waals surface area (Å²) in [6.07, 6.45) is 0. The van der Waals surface area contributed by atoms with Crippen LogP contribution < -0.4 is 5.73 Å². The molecule has 0 saturated carbocycles. The second-order valence-corrected chi connectivity index (χ2v) is 5.40. The Bertz CT molecular complexity index is 930. The van der Waals surface area contributed by atoms with Crippen molar-refractivity contribution in [1.82, 2.24) is 0 Å². The predicted octanol–water partition coefficient (Wildman–Crippen LogP) is 4.92. The second kappa shape index (κ2) is 7.40. The number of nitrogen functional groups attached to an aromatic ring is 1. The van der Waals surface area contributed by atoms with E-state index >= 15 is 0 Å². The molecule has 0 heterocycles. The number of benzene rings is 3. The molecule has 0 fully saturated rings. The van der Waals surface area contributed by atoms with Crippen molar-refractivity contribution in [2.24, 2.45) is 20.5 Å². The molecule has 3 aromatic rings. The third kappa shape index (κ3) is 3.76. The number of nitrogens with zero attached hydrogens (tertiary/aromatic N) is 4. The van der Waals surface area contributed by atoms with E-state index in [0.717, 1.165) is 0 Å². The lowest BCUT2D eigenvalue weighted by atomic mass is 10.2. The lowest BCUT2D eigenvalue weighted by molar-refractivity contribution is 0.451. The van der Waals surface area contributed by atoms with Gasteiger partial charge in [-0.3, -0.25) is 0 Å². The average Bonchev–Trinajstić information content (AvgIpc) is 2.63. The van der Waals surface area contributed by atoms with E-state index < -0.39 is 0 Å². The summed E-state index contributed by atoms with van der Waals surface area (Å²) in [6, 6.07) is 13.1. The summed E-state index contributed by atoms with van der Waals surface area (Å²) >= 11 is 0. The maximum Gasteiger partial charge on any atom is 0.169 e. The molecule has 27 heavy (non-hydrogen) atoms. The fourth-order valence-corrected chi connectivity index (χ4v) is 2.17. The van der Waals surface area contributed by atoms with E-state index in [9.17, 15) is 20.4 Å². The lowest BCUT2D eigenvalue weighted by Crippen LogP contribution is -1.85. The van der Waals surface area contributed by atoms with Crippen molar-refractivity contribution in [3.05, 3.63) is 54.6 Å². The summed E-state index contributed by atoms with van der Waals surface area (Å²) in [5.74, 6) is -0.933. The van der Waals surface area contributed by atoms with Gasteiger partial charge in [0.1, 0.15) is 34.4 Å². The van der Waals surface area contributed by atoms with Gasteiger partial charge in [0.15, 0.2) is 11.4 Å². The van der Waals surface area contributed by atoms with Gasteiger partial charge in [0.25, 0.3) is 0 Å². The van der Waals surface area contributed by atoms with Crippen molar-refractivity contribution in [3.63, 3.8) is 0 Å². The minimum Gasteiger partial charge on any atom is -0.505 e. The fraction of sp³-hybridized carbons (Fsp3) is 0. The first-order chi connectivity index (χ1) is 13.0. The first kappa shape index (κ1) is 17.7. The van der Waals surface area contributed by atoms with Gasteiger partial charge >= 0.3 is 0 Å². The molecule has 0 aliphatic heterocycles. The van der Waals surface area contributed by atoms with Crippen LogP contribution in [-0.4, -0.2) is 20.4 Å². The van der Waals surface area contributed by atoms with Gasteiger partial charge in [-0.1, -0.05) is 18.2 Å². The highest BCUT2D eigenvalue weighted by atomic mass is 16.3. The Morgan fingerprint density at radius 3 is 1.22 bits per heavy atom. The number of azo groups is 2. The normalized spacial score (nSPS) is 11.4. The molecule has 136 valence electrons. The second-order valence-electron chi connectivity index (χ2n) is 5.40. The topological polar surface area (TPSA) is 156 Å². The van der Waals surface area contributed by atoms with Crippen molar-refractivity contribution in [2.45, 2.75) is 0 Å². The van der Waals surface area contributed by atoms with Crippen molar-refractivity contribution in [2.75, 3.05) is 5.73 Å². The van der Waals surface area contributed by atoms with Crippen molar-refractivity contribution in [1.29, 1.82) is 0 Å². The van der Waals surface area contributed by atoms with E-state index in [1.165, 1.54) is 36.4 Å². The molecule has 9 heteroatoms. The van der Waals surface area contributed by atoms with Gasteiger partial charge in [-0.15, -0.1) is 20.5 Å². The zero-order chi connectivity index (χ0) is 19.4. The molecule has 0 saturated heterocycles. The van der Waals surface area contributed by atoms with Gasteiger partial charge in [0, 0.05) is 0 Å². The molecular weight excluding hydrogens is 350 g/mol. The van der Waals surface area contributed by atoms with Crippen LogP contribution in [0.3, 0.4) is 0 Å². The first-order valence-corrected chi connectivity index (χ1v) is 7.71. The third-order valence-electron chi connectivity index (χ3n) is 3.56. The van der Waals surface area contributed by atoms with Gasteiger partial charge in [-0.25, -0.2) is 0 Å². The van der Waals surface area contributed by atoms with E-state index in [-0.39, 0.29) is 51.4 Å². The highest BCUT2D eigenvalue weighted by molar-refractivity contribution is 5.76. The van der Waals surface area contributed by atoms with Crippen molar-refractivity contribution >= 4 is 28.4 Å². The smallest absolute Gasteiger partial charge is 0.169 e. The summed E-state index contributed by atoms with van der Waals surface area (Å²) in [4.78, 5) is 0. The quantitative estimate of drug-likeness (QED) is 0.327. The van der Waals surface area contributed by atoms with Crippen LogP contribution in [0.25, 0.3) is 0 Å². The van der Waals surface area contributed by atoms with E-state index in [4.69, 9.17) is 5.73 Å². The van der Waals surface area contributed by atoms with Crippen molar-refractivity contribution in [3.8, 4) is 23.0 Å². The molecule has 0 unspecified atom stereocenters. The number of hydrogen-bond acceptors (Lipinski definition) is 9. The summed E-state index contributed by atoms with van der Waals surface area (Å²) in [5, 5.41) is 54.4. The summed E-state index contributed by atoms with van der Waals surface area (Å²) in [6.45, 7) is 0. The Hall–Kier alpha value is -4.14. The lowest BCUT2D eigenvalue weighted by Gasteiger charge is -2.04. The molecule has 0 spiro atoms. The number of rotatable bonds is 4. The summed E-state index contributed by atoms with van der Waals surface area (Å²) < 4.78 is 0. The molecular formula is C18H15N5O4. The number of phenolic OH excluding ortho intramolecular Hbond substituents is 4. The molecule has 0 amide bonds.